The molecule has 0 atom stereocenters. The predicted octanol–water partition coefficient (Wildman–Crippen LogP) is 1.99. The molecule has 0 saturated carbocycles. The fourth-order valence-electron chi connectivity index (χ4n) is 2.87. The maximum atomic E-state index is 12.8. The van der Waals surface area contributed by atoms with Crippen LogP contribution in [0.1, 0.15) is 43.9 Å². The second-order valence-electron chi connectivity index (χ2n) is 6.22. The van der Waals surface area contributed by atoms with Crippen LogP contribution >= 0.6 is 11.6 Å². The van der Waals surface area contributed by atoms with E-state index in [-0.39, 0.29) is 5.91 Å². The monoisotopic (exact) mass is 374 g/mol. The molecule has 0 bridgehead atoms. The van der Waals surface area contributed by atoms with E-state index < -0.39 is 10.8 Å². The molecule has 0 aromatic carbocycles. The standard InChI is InChI=1S/C16H27ClN4O2S/c1-5-19(12(3)4)11-13-14(17)15(18-21(13)6-2)16(22)20-7-9-24(23)10-8-20/h12H,5-11H2,1-4H3. The van der Waals surface area contributed by atoms with Crippen LogP contribution in [0.4, 0.5) is 0 Å². The highest BCUT2D eigenvalue weighted by molar-refractivity contribution is 7.85. The number of hydrogen-bond acceptors (Lipinski definition) is 4. The zero-order chi connectivity index (χ0) is 17.9. The first-order chi connectivity index (χ1) is 11.4. The summed E-state index contributed by atoms with van der Waals surface area (Å²) in [7, 11) is -0.813. The number of amides is 1. The highest BCUT2D eigenvalue weighted by Gasteiger charge is 2.28. The number of carbonyl (C=O) groups excluding carboxylic acids is 1. The van der Waals surface area contributed by atoms with E-state index in [1.165, 1.54) is 0 Å². The van der Waals surface area contributed by atoms with Gasteiger partial charge in [-0.15, -0.1) is 0 Å². The summed E-state index contributed by atoms with van der Waals surface area (Å²) >= 11 is 6.54. The lowest BCUT2D eigenvalue weighted by Gasteiger charge is -2.26. The Hall–Kier alpha value is -0.920. The number of nitrogens with zero attached hydrogens (tertiary/aromatic N) is 4. The molecule has 0 spiro atoms. The van der Waals surface area contributed by atoms with Crippen molar-refractivity contribution in [3.8, 4) is 0 Å². The Labute approximate surface area is 151 Å². The molecular formula is C16H27ClN4O2S. The molecule has 2 rings (SSSR count). The fourth-order valence-corrected chi connectivity index (χ4v) is 4.19. The van der Waals surface area contributed by atoms with Crippen molar-refractivity contribution in [2.24, 2.45) is 0 Å². The Balaban J connectivity index is 2.25. The smallest absolute Gasteiger partial charge is 0.275 e. The van der Waals surface area contributed by atoms with Crippen molar-refractivity contribution in [2.45, 2.75) is 46.8 Å². The molecule has 8 heteroatoms. The molecule has 6 nitrogen and oxygen atoms in total. The van der Waals surface area contributed by atoms with Crippen molar-refractivity contribution in [1.82, 2.24) is 19.6 Å². The highest BCUT2D eigenvalue weighted by atomic mass is 35.5. The van der Waals surface area contributed by atoms with Crippen LogP contribution in [0, 0.1) is 0 Å². The molecule has 1 aliphatic rings. The molecule has 24 heavy (non-hydrogen) atoms. The second-order valence-corrected chi connectivity index (χ2v) is 8.30. The van der Waals surface area contributed by atoms with E-state index in [4.69, 9.17) is 11.6 Å². The lowest BCUT2D eigenvalue weighted by atomic mass is 10.2. The van der Waals surface area contributed by atoms with Gasteiger partial charge in [-0.1, -0.05) is 18.5 Å². The van der Waals surface area contributed by atoms with Gasteiger partial charge in [0, 0.05) is 54.5 Å². The Morgan fingerprint density at radius 3 is 2.46 bits per heavy atom. The largest absolute Gasteiger partial charge is 0.335 e. The molecule has 1 aromatic rings. The van der Waals surface area contributed by atoms with Crippen molar-refractivity contribution < 1.29 is 9.00 Å². The van der Waals surface area contributed by atoms with Gasteiger partial charge in [0.1, 0.15) is 0 Å². The van der Waals surface area contributed by atoms with E-state index in [1.807, 2.05) is 11.6 Å². The lowest BCUT2D eigenvalue weighted by Crippen LogP contribution is -2.42. The number of aryl methyl sites for hydroxylation is 1. The third kappa shape index (κ3) is 4.18. The van der Waals surface area contributed by atoms with Crippen LogP contribution in [0.5, 0.6) is 0 Å². The first-order valence-electron chi connectivity index (χ1n) is 8.52. The molecule has 1 saturated heterocycles. The van der Waals surface area contributed by atoms with E-state index in [0.29, 0.717) is 54.4 Å². The molecule has 0 N–H and O–H groups in total. The Morgan fingerprint density at radius 2 is 1.96 bits per heavy atom. The van der Waals surface area contributed by atoms with Crippen LogP contribution in [-0.2, 0) is 23.9 Å². The van der Waals surface area contributed by atoms with Crippen molar-refractivity contribution in [1.29, 1.82) is 0 Å². The van der Waals surface area contributed by atoms with Crippen LogP contribution in [0.15, 0.2) is 0 Å². The van der Waals surface area contributed by atoms with Crippen LogP contribution in [-0.4, -0.2) is 66.9 Å². The van der Waals surface area contributed by atoms with Gasteiger partial charge in [-0.3, -0.25) is 18.6 Å². The van der Waals surface area contributed by atoms with Crippen LogP contribution < -0.4 is 0 Å². The Morgan fingerprint density at radius 1 is 1.33 bits per heavy atom. The SMILES string of the molecule is CCN(Cc1c(Cl)c(C(=O)N2CCS(=O)CC2)nn1CC)C(C)C. The molecule has 0 unspecified atom stereocenters. The van der Waals surface area contributed by atoms with Gasteiger partial charge in [-0.05, 0) is 27.3 Å². The molecule has 1 amide bonds. The molecule has 1 aliphatic heterocycles. The molecule has 0 radical (unpaired) electrons. The van der Waals surface area contributed by atoms with Crippen molar-refractivity contribution >= 4 is 28.3 Å². The minimum Gasteiger partial charge on any atom is -0.335 e. The topological polar surface area (TPSA) is 58.4 Å². The minimum absolute atomic E-state index is 0.155. The Bertz CT molecular complexity index is 607. The van der Waals surface area contributed by atoms with Crippen molar-refractivity contribution in [3.63, 3.8) is 0 Å². The number of hydrogen-bond donors (Lipinski definition) is 0. The third-order valence-electron chi connectivity index (χ3n) is 4.45. The number of halogens is 1. The quantitative estimate of drug-likeness (QED) is 0.764. The van der Waals surface area contributed by atoms with Gasteiger partial charge in [0.15, 0.2) is 5.69 Å². The van der Waals surface area contributed by atoms with E-state index in [1.54, 1.807) is 4.90 Å². The number of aromatic nitrogens is 2. The van der Waals surface area contributed by atoms with Crippen LogP contribution in [0.2, 0.25) is 5.02 Å². The number of carbonyl (C=O) groups is 1. The summed E-state index contributed by atoms with van der Waals surface area (Å²) in [4.78, 5) is 16.7. The summed E-state index contributed by atoms with van der Waals surface area (Å²) in [5.41, 5.74) is 1.21. The summed E-state index contributed by atoms with van der Waals surface area (Å²) in [5.74, 6) is 0.904. The summed E-state index contributed by atoms with van der Waals surface area (Å²) in [6, 6.07) is 0.391. The van der Waals surface area contributed by atoms with Gasteiger partial charge in [-0.2, -0.15) is 5.10 Å². The normalized spacial score (nSPS) is 16.4. The molecule has 2 heterocycles. The van der Waals surface area contributed by atoms with Gasteiger partial charge in [0.2, 0.25) is 0 Å². The summed E-state index contributed by atoms with van der Waals surface area (Å²) < 4.78 is 13.3. The second kappa shape index (κ2) is 8.45. The van der Waals surface area contributed by atoms with Gasteiger partial charge in [-0.25, -0.2) is 0 Å². The van der Waals surface area contributed by atoms with Crippen molar-refractivity contribution in [3.05, 3.63) is 16.4 Å². The molecule has 136 valence electrons. The maximum absolute atomic E-state index is 12.8. The van der Waals surface area contributed by atoms with Crippen LogP contribution in [0.25, 0.3) is 0 Å². The molecule has 1 fully saturated rings. The van der Waals surface area contributed by atoms with E-state index in [0.717, 1.165) is 12.2 Å². The van der Waals surface area contributed by atoms with E-state index in [2.05, 4.69) is 30.8 Å². The minimum atomic E-state index is -0.813. The average Bonchev–Trinajstić information content (AvgIpc) is 2.88. The molecule has 0 aliphatic carbocycles. The highest BCUT2D eigenvalue weighted by Crippen LogP contribution is 2.25. The third-order valence-corrected chi connectivity index (χ3v) is 6.12. The Kier molecular flexibility index (Phi) is 6.83. The zero-order valence-corrected chi connectivity index (χ0v) is 16.5. The van der Waals surface area contributed by atoms with E-state index >= 15 is 0 Å². The van der Waals surface area contributed by atoms with Gasteiger partial charge in [0.05, 0.1) is 10.7 Å². The predicted molar refractivity (Wildman–Crippen MR) is 97.9 cm³/mol. The summed E-state index contributed by atoms with van der Waals surface area (Å²) in [6.07, 6.45) is 0. The fraction of sp³-hybridized carbons (Fsp3) is 0.750. The van der Waals surface area contributed by atoms with Gasteiger partial charge < -0.3 is 4.90 Å². The number of rotatable bonds is 6. The molecular weight excluding hydrogens is 348 g/mol. The van der Waals surface area contributed by atoms with Gasteiger partial charge in [0.25, 0.3) is 5.91 Å². The van der Waals surface area contributed by atoms with Gasteiger partial charge >= 0.3 is 0 Å². The lowest BCUT2D eigenvalue weighted by molar-refractivity contribution is 0.0764. The summed E-state index contributed by atoms with van der Waals surface area (Å²) in [6.45, 7) is 11.6. The van der Waals surface area contributed by atoms with Crippen LogP contribution in [0.3, 0.4) is 0 Å². The first-order valence-corrected chi connectivity index (χ1v) is 10.4. The first kappa shape index (κ1) is 19.4. The summed E-state index contributed by atoms with van der Waals surface area (Å²) in [5, 5.41) is 4.91. The average molecular weight is 375 g/mol. The van der Waals surface area contributed by atoms with E-state index in [9.17, 15) is 9.00 Å². The van der Waals surface area contributed by atoms with Crippen molar-refractivity contribution in [2.75, 3.05) is 31.1 Å². The maximum Gasteiger partial charge on any atom is 0.275 e. The zero-order valence-electron chi connectivity index (χ0n) is 14.9. The molecule has 1 aromatic heterocycles.